The number of fused-ring (bicyclic) bond motifs is 1. The van der Waals surface area contributed by atoms with E-state index in [4.69, 9.17) is 4.74 Å². The van der Waals surface area contributed by atoms with Gasteiger partial charge in [-0.25, -0.2) is 4.99 Å². The molecule has 1 aromatic carbocycles. The first-order valence-corrected chi connectivity index (χ1v) is 8.99. The first-order chi connectivity index (χ1) is 12.7. The Morgan fingerprint density at radius 2 is 2.08 bits per heavy atom. The molecule has 0 atom stereocenters. The molecule has 0 aliphatic heterocycles. The molecule has 0 unspecified atom stereocenters. The molecule has 0 fully saturated rings. The third-order valence-electron chi connectivity index (χ3n) is 4.04. The number of nitrogens with zero attached hydrogens (tertiary/aromatic N) is 1. The highest BCUT2D eigenvalue weighted by Crippen LogP contribution is 2.22. The van der Waals surface area contributed by atoms with Gasteiger partial charge in [-0.3, -0.25) is 4.79 Å². The number of benzene rings is 1. The van der Waals surface area contributed by atoms with Gasteiger partial charge in [0.25, 0.3) is 0 Å². The predicted octanol–water partition coefficient (Wildman–Crippen LogP) is 1.34. The summed E-state index contributed by atoms with van der Waals surface area (Å²) in [5.74, 6) is 0.525. The molecule has 2 aromatic rings. The Bertz CT molecular complexity index is 739. The molecule has 4 N–H and O–H groups in total. The largest absolute Gasteiger partial charge is 0.383 e. The minimum atomic E-state index is -0.119. The number of guanidine groups is 1. The number of rotatable bonds is 9. The summed E-state index contributed by atoms with van der Waals surface area (Å²) in [4.78, 5) is 19.4. The molecule has 0 spiro atoms. The van der Waals surface area contributed by atoms with E-state index in [0.29, 0.717) is 19.1 Å². The summed E-state index contributed by atoms with van der Waals surface area (Å²) in [6.07, 6.45) is 2.93. The number of hydrogen-bond acceptors (Lipinski definition) is 3. The van der Waals surface area contributed by atoms with Gasteiger partial charge >= 0.3 is 0 Å². The fourth-order valence-electron chi connectivity index (χ4n) is 2.81. The van der Waals surface area contributed by atoms with E-state index in [1.54, 1.807) is 7.11 Å². The van der Waals surface area contributed by atoms with E-state index < -0.39 is 0 Å². The summed E-state index contributed by atoms with van der Waals surface area (Å²) in [6.45, 7) is 6.68. The van der Waals surface area contributed by atoms with Gasteiger partial charge in [-0.15, -0.1) is 0 Å². The molecule has 0 saturated heterocycles. The maximum absolute atomic E-state index is 11.7. The van der Waals surface area contributed by atoms with Crippen molar-refractivity contribution in [2.45, 2.75) is 20.3 Å². The van der Waals surface area contributed by atoms with Gasteiger partial charge in [0.1, 0.15) is 6.54 Å². The summed E-state index contributed by atoms with van der Waals surface area (Å²) in [5.41, 5.74) is 3.71. The van der Waals surface area contributed by atoms with Crippen molar-refractivity contribution in [2.24, 2.45) is 4.99 Å². The number of amides is 1. The lowest BCUT2D eigenvalue weighted by atomic mass is 10.1. The van der Waals surface area contributed by atoms with Crippen LogP contribution in [-0.4, -0.2) is 56.7 Å². The number of H-pyrrole nitrogens is 1. The number of carbonyl (C=O) groups is 1. The van der Waals surface area contributed by atoms with Crippen LogP contribution in [0, 0.1) is 6.92 Å². The number of aliphatic imine (C=N–C) groups is 1. The lowest BCUT2D eigenvalue weighted by molar-refractivity contribution is -0.119. The summed E-state index contributed by atoms with van der Waals surface area (Å²) in [7, 11) is 1.60. The van der Waals surface area contributed by atoms with Gasteiger partial charge in [-0.05, 0) is 37.5 Å². The fourth-order valence-corrected chi connectivity index (χ4v) is 2.81. The third-order valence-corrected chi connectivity index (χ3v) is 4.04. The minimum absolute atomic E-state index is 0.0885. The van der Waals surface area contributed by atoms with Gasteiger partial charge in [0.15, 0.2) is 5.96 Å². The quantitative estimate of drug-likeness (QED) is 0.309. The minimum Gasteiger partial charge on any atom is -0.383 e. The van der Waals surface area contributed by atoms with E-state index in [0.717, 1.165) is 25.0 Å². The smallest absolute Gasteiger partial charge is 0.241 e. The van der Waals surface area contributed by atoms with Gasteiger partial charge in [0.2, 0.25) is 5.91 Å². The monoisotopic (exact) mass is 359 g/mol. The number of aromatic amines is 1. The van der Waals surface area contributed by atoms with Crippen molar-refractivity contribution in [3.8, 4) is 0 Å². The number of hydrogen-bond donors (Lipinski definition) is 4. The highest BCUT2D eigenvalue weighted by molar-refractivity contribution is 5.87. The molecule has 0 aliphatic rings. The number of nitrogens with one attached hydrogen (secondary N) is 4. The number of carbonyl (C=O) groups excluding carboxylic acids is 1. The molecule has 1 amide bonds. The molecule has 26 heavy (non-hydrogen) atoms. The predicted molar refractivity (Wildman–Crippen MR) is 106 cm³/mol. The van der Waals surface area contributed by atoms with E-state index in [2.05, 4.69) is 57.2 Å². The molecule has 1 heterocycles. The Balaban J connectivity index is 1.87. The number of aromatic nitrogens is 1. The Morgan fingerprint density at radius 3 is 2.85 bits per heavy atom. The Hall–Kier alpha value is -2.54. The SMILES string of the molecule is CCNC(=NCC(=O)NCCOC)NCCc1c[nH]c2cccc(C)c12. The number of aryl methyl sites for hydroxylation is 1. The van der Waals surface area contributed by atoms with Crippen molar-refractivity contribution >= 4 is 22.8 Å². The van der Waals surface area contributed by atoms with E-state index in [1.807, 2.05) is 6.92 Å². The highest BCUT2D eigenvalue weighted by atomic mass is 16.5. The Kier molecular flexibility index (Phi) is 7.95. The van der Waals surface area contributed by atoms with Crippen LogP contribution in [0.2, 0.25) is 0 Å². The zero-order valence-corrected chi connectivity index (χ0v) is 15.8. The van der Waals surface area contributed by atoms with Crippen LogP contribution in [0.15, 0.2) is 29.4 Å². The van der Waals surface area contributed by atoms with Crippen LogP contribution in [0.3, 0.4) is 0 Å². The zero-order chi connectivity index (χ0) is 18.8. The molecule has 142 valence electrons. The van der Waals surface area contributed by atoms with E-state index >= 15 is 0 Å². The molecule has 0 bridgehead atoms. The Morgan fingerprint density at radius 1 is 1.23 bits per heavy atom. The van der Waals surface area contributed by atoms with Crippen LogP contribution >= 0.6 is 0 Å². The third kappa shape index (κ3) is 5.77. The fraction of sp³-hybridized carbons (Fsp3) is 0.474. The van der Waals surface area contributed by atoms with Crippen molar-refractivity contribution in [1.29, 1.82) is 0 Å². The van der Waals surface area contributed by atoms with Crippen LogP contribution in [-0.2, 0) is 16.0 Å². The van der Waals surface area contributed by atoms with Crippen molar-refractivity contribution in [3.63, 3.8) is 0 Å². The first kappa shape index (κ1) is 19.8. The van der Waals surface area contributed by atoms with Gasteiger partial charge in [-0.2, -0.15) is 0 Å². The van der Waals surface area contributed by atoms with Crippen LogP contribution in [0.25, 0.3) is 10.9 Å². The topological polar surface area (TPSA) is 90.5 Å². The molecule has 1 aromatic heterocycles. The number of ether oxygens (including phenoxy) is 1. The molecule has 7 nitrogen and oxygen atoms in total. The molecule has 0 aliphatic carbocycles. The normalized spacial score (nSPS) is 11.6. The molecular weight excluding hydrogens is 330 g/mol. The van der Waals surface area contributed by atoms with Crippen LogP contribution in [0.1, 0.15) is 18.1 Å². The van der Waals surface area contributed by atoms with E-state index in [1.165, 1.54) is 16.5 Å². The molecular formula is C19H29N5O2. The van der Waals surface area contributed by atoms with E-state index in [-0.39, 0.29) is 12.5 Å². The van der Waals surface area contributed by atoms with Gasteiger partial charge in [0, 0.05) is 43.8 Å². The van der Waals surface area contributed by atoms with Gasteiger partial charge in [0.05, 0.1) is 6.61 Å². The van der Waals surface area contributed by atoms with Crippen molar-refractivity contribution in [1.82, 2.24) is 20.9 Å². The van der Waals surface area contributed by atoms with Gasteiger partial charge < -0.3 is 25.7 Å². The second-order valence-corrected chi connectivity index (χ2v) is 6.03. The second-order valence-electron chi connectivity index (χ2n) is 6.03. The average molecular weight is 359 g/mol. The Labute approximate surface area is 154 Å². The maximum Gasteiger partial charge on any atom is 0.241 e. The maximum atomic E-state index is 11.7. The van der Waals surface area contributed by atoms with Crippen LogP contribution in [0.4, 0.5) is 0 Å². The first-order valence-electron chi connectivity index (χ1n) is 8.99. The van der Waals surface area contributed by atoms with Crippen LogP contribution < -0.4 is 16.0 Å². The second kappa shape index (κ2) is 10.5. The summed E-state index contributed by atoms with van der Waals surface area (Å²) >= 11 is 0. The summed E-state index contributed by atoms with van der Waals surface area (Å²) < 4.78 is 4.91. The molecule has 0 radical (unpaired) electrons. The average Bonchev–Trinajstić information content (AvgIpc) is 3.04. The standard InChI is InChI=1S/C19H29N5O2/c1-4-20-19(24-13-17(25)21-10-11-26-3)22-9-8-15-12-23-16-7-5-6-14(2)18(15)16/h5-7,12,23H,4,8-11,13H2,1-3H3,(H,21,25)(H2,20,22,24). The highest BCUT2D eigenvalue weighted by Gasteiger charge is 2.07. The van der Waals surface area contributed by atoms with Crippen molar-refractivity contribution in [3.05, 3.63) is 35.5 Å². The lowest BCUT2D eigenvalue weighted by Crippen LogP contribution is -2.39. The molecule has 2 rings (SSSR count). The molecule has 7 heteroatoms. The van der Waals surface area contributed by atoms with Crippen LogP contribution in [0.5, 0.6) is 0 Å². The number of methoxy groups -OCH3 is 1. The van der Waals surface area contributed by atoms with Gasteiger partial charge in [-0.1, -0.05) is 12.1 Å². The van der Waals surface area contributed by atoms with Crippen molar-refractivity contribution < 1.29 is 9.53 Å². The summed E-state index contributed by atoms with van der Waals surface area (Å²) in [6, 6.07) is 6.28. The molecule has 0 saturated carbocycles. The van der Waals surface area contributed by atoms with E-state index in [9.17, 15) is 4.79 Å². The van der Waals surface area contributed by atoms with Crippen molar-refractivity contribution in [2.75, 3.05) is 39.9 Å². The zero-order valence-electron chi connectivity index (χ0n) is 15.8. The lowest BCUT2D eigenvalue weighted by Gasteiger charge is -2.11. The summed E-state index contributed by atoms with van der Waals surface area (Å²) in [5, 5.41) is 10.5.